The molecule has 3 rings (SSSR count). The molecule has 3 nitrogen and oxygen atoms in total. The first-order valence-electron chi connectivity index (χ1n) is 6.31. The van der Waals surface area contributed by atoms with Crippen molar-refractivity contribution in [2.24, 2.45) is 0 Å². The minimum absolute atomic E-state index is 0.449. The molecule has 1 unspecified atom stereocenters. The molecule has 0 aliphatic rings. The molecule has 2 heterocycles. The number of benzene rings is 1. The summed E-state index contributed by atoms with van der Waals surface area (Å²) in [6, 6.07) is 12.6. The minimum atomic E-state index is 0.449. The second kappa shape index (κ2) is 5.36. The number of fused-ring (bicyclic) bond motifs is 1. The third kappa shape index (κ3) is 2.58. The van der Waals surface area contributed by atoms with Gasteiger partial charge in [-0.05, 0) is 22.9 Å². The van der Waals surface area contributed by atoms with Crippen molar-refractivity contribution in [2.75, 3.05) is 11.9 Å². The van der Waals surface area contributed by atoms with Gasteiger partial charge in [0.25, 0.3) is 0 Å². The Morgan fingerprint density at radius 3 is 2.84 bits per heavy atom. The SMILES string of the molecule is CC(CNc1ncnc2sccc12)c1ccccc1. The largest absolute Gasteiger partial charge is 0.369 e. The van der Waals surface area contributed by atoms with Gasteiger partial charge < -0.3 is 5.32 Å². The second-order valence-corrected chi connectivity index (χ2v) is 5.45. The zero-order chi connectivity index (χ0) is 13.1. The maximum absolute atomic E-state index is 4.33. The first-order chi connectivity index (χ1) is 9.34. The Morgan fingerprint density at radius 1 is 1.16 bits per heavy atom. The normalized spacial score (nSPS) is 12.5. The van der Waals surface area contributed by atoms with Crippen LogP contribution in [0.5, 0.6) is 0 Å². The van der Waals surface area contributed by atoms with Crippen molar-refractivity contribution < 1.29 is 0 Å². The van der Waals surface area contributed by atoms with E-state index in [0.717, 1.165) is 22.6 Å². The molecule has 19 heavy (non-hydrogen) atoms. The van der Waals surface area contributed by atoms with Crippen molar-refractivity contribution in [1.29, 1.82) is 0 Å². The van der Waals surface area contributed by atoms with E-state index in [1.807, 2.05) is 11.4 Å². The molecule has 0 aliphatic carbocycles. The van der Waals surface area contributed by atoms with Crippen LogP contribution < -0.4 is 5.32 Å². The van der Waals surface area contributed by atoms with E-state index in [-0.39, 0.29) is 0 Å². The van der Waals surface area contributed by atoms with Crippen LogP contribution in [0.15, 0.2) is 48.1 Å². The average Bonchev–Trinajstić information content (AvgIpc) is 2.94. The molecule has 0 fully saturated rings. The zero-order valence-corrected chi connectivity index (χ0v) is 11.5. The standard InChI is InChI=1S/C15H15N3S/c1-11(12-5-3-2-4-6-12)9-16-14-13-7-8-19-15(13)18-10-17-14/h2-8,10-11H,9H2,1H3,(H,16,17,18). The van der Waals surface area contributed by atoms with Crippen molar-refractivity contribution in [1.82, 2.24) is 9.97 Å². The Morgan fingerprint density at radius 2 is 2.00 bits per heavy atom. The van der Waals surface area contributed by atoms with Gasteiger partial charge in [-0.3, -0.25) is 0 Å². The van der Waals surface area contributed by atoms with Gasteiger partial charge in [-0.15, -0.1) is 11.3 Å². The van der Waals surface area contributed by atoms with E-state index in [2.05, 4.69) is 52.5 Å². The second-order valence-electron chi connectivity index (χ2n) is 4.55. The van der Waals surface area contributed by atoms with E-state index in [4.69, 9.17) is 0 Å². The Kier molecular flexibility index (Phi) is 3.42. The van der Waals surface area contributed by atoms with Gasteiger partial charge in [0.2, 0.25) is 0 Å². The summed E-state index contributed by atoms with van der Waals surface area (Å²) in [5.74, 6) is 1.37. The number of hydrogen-bond acceptors (Lipinski definition) is 4. The summed E-state index contributed by atoms with van der Waals surface area (Å²) in [5.41, 5.74) is 1.34. The summed E-state index contributed by atoms with van der Waals surface area (Å²) in [6.45, 7) is 3.08. The predicted molar refractivity (Wildman–Crippen MR) is 80.8 cm³/mol. The summed E-state index contributed by atoms with van der Waals surface area (Å²) < 4.78 is 0. The van der Waals surface area contributed by atoms with E-state index >= 15 is 0 Å². The number of hydrogen-bond donors (Lipinski definition) is 1. The van der Waals surface area contributed by atoms with E-state index in [0.29, 0.717) is 5.92 Å². The Bertz CT molecular complexity index is 663. The third-order valence-electron chi connectivity index (χ3n) is 3.21. The highest BCUT2D eigenvalue weighted by Gasteiger charge is 2.08. The number of nitrogens with one attached hydrogen (secondary N) is 1. The van der Waals surface area contributed by atoms with Gasteiger partial charge in [0.15, 0.2) is 0 Å². The Balaban J connectivity index is 1.74. The molecule has 0 bridgehead atoms. The topological polar surface area (TPSA) is 37.8 Å². The minimum Gasteiger partial charge on any atom is -0.369 e. The van der Waals surface area contributed by atoms with Gasteiger partial charge in [-0.25, -0.2) is 9.97 Å². The van der Waals surface area contributed by atoms with Gasteiger partial charge in [-0.2, -0.15) is 0 Å². The lowest BCUT2D eigenvalue weighted by molar-refractivity contribution is 0.802. The van der Waals surface area contributed by atoms with Crippen LogP contribution in [0.3, 0.4) is 0 Å². The van der Waals surface area contributed by atoms with E-state index < -0.39 is 0 Å². The molecule has 0 saturated heterocycles. The summed E-state index contributed by atoms with van der Waals surface area (Å²) >= 11 is 1.64. The highest BCUT2D eigenvalue weighted by atomic mass is 32.1. The van der Waals surface area contributed by atoms with Crippen LogP contribution >= 0.6 is 11.3 Å². The molecule has 0 amide bonds. The highest BCUT2D eigenvalue weighted by Crippen LogP contribution is 2.24. The number of nitrogens with zero attached hydrogens (tertiary/aromatic N) is 2. The van der Waals surface area contributed by atoms with Crippen LogP contribution in [-0.2, 0) is 0 Å². The van der Waals surface area contributed by atoms with E-state index in [1.165, 1.54) is 5.56 Å². The fourth-order valence-corrected chi connectivity index (χ4v) is 2.81. The summed E-state index contributed by atoms with van der Waals surface area (Å²) in [4.78, 5) is 9.62. The van der Waals surface area contributed by atoms with Crippen molar-refractivity contribution >= 4 is 27.4 Å². The highest BCUT2D eigenvalue weighted by molar-refractivity contribution is 7.16. The van der Waals surface area contributed by atoms with Crippen molar-refractivity contribution in [3.8, 4) is 0 Å². The lowest BCUT2D eigenvalue weighted by Crippen LogP contribution is -2.11. The summed E-state index contributed by atoms with van der Waals surface area (Å²) in [6.07, 6.45) is 1.62. The molecule has 3 aromatic rings. The predicted octanol–water partition coefficient (Wildman–Crippen LogP) is 3.91. The van der Waals surface area contributed by atoms with Crippen LogP contribution in [0.25, 0.3) is 10.2 Å². The van der Waals surface area contributed by atoms with Crippen LogP contribution in [0, 0.1) is 0 Å². The number of anilines is 1. The van der Waals surface area contributed by atoms with Gasteiger partial charge in [-0.1, -0.05) is 37.3 Å². The van der Waals surface area contributed by atoms with Crippen LogP contribution in [0.2, 0.25) is 0 Å². The Labute approximate surface area is 116 Å². The molecule has 4 heteroatoms. The van der Waals surface area contributed by atoms with Crippen LogP contribution in [0.1, 0.15) is 18.4 Å². The van der Waals surface area contributed by atoms with E-state index in [9.17, 15) is 0 Å². The fraction of sp³-hybridized carbons (Fsp3) is 0.200. The first-order valence-corrected chi connectivity index (χ1v) is 7.19. The maximum atomic E-state index is 4.33. The average molecular weight is 269 g/mol. The monoisotopic (exact) mass is 269 g/mol. The molecule has 96 valence electrons. The molecule has 0 spiro atoms. The van der Waals surface area contributed by atoms with Crippen molar-refractivity contribution in [2.45, 2.75) is 12.8 Å². The summed E-state index contributed by atoms with van der Waals surface area (Å²) in [7, 11) is 0. The Hall–Kier alpha value is -1.94. The molecular formula is C15H15N3S. The summed E-state index contributed by atoms with van der Waals surface area (Å²) in [5, 5.41) is 6.58. The number of aromatic nitrogens is 2. The third-order valence-corrected chi connectivity index (χ3v) is 4.03. The quantitative estimate of drug-likeness (QED) is 0.780. The molecular weight excluding hydrogens is 254 g/mol. The lowest BCUT2D eigenvalue weighted by atomic mass is 10.0. The number of rotatable bonds is 4. The zero-order valence-electron chi connectivity index (χ0n) is 10.7. The molecule has 2 aromatic heterocycles. The molecule has 0 radical (unpaired) electrons. The maximum Gasteiger partial charge on any atom is 0.138 e. The molecule has 1 aromatic carbocycles. The van der Waals surface area contributed by atoms with Crippen LogP contribution in [0.4, 0.5) is 5.82 Å². The van der Waals surface area contributed by atoms with Crippen molar-refractivity contribution in [3.63, 3.8) is 0 Å². The first kappa shape index (κ1) is 12.1. The molecule has 0 saturated carbocycles. The van der Waals surface area contributed by atoms with Gasteiger partial charge in [0, 0.05) is 6.54 Å². The molecule has 1 atom stereocenters. The fourth-order valence-electron chi connectivity index (χ4n) is 2.08. The van der Waals surface area contributed by atoms with Gasteiger partial charge in [0.05, 0.1) is 5.39 Å². The molecule has 0 aliphatic heterocycles. The van der Waals surface area contributed by atoms with Gasteiger partial charge in [0.1, 0.15) is 17.0 Å². The number of thiophene rings is 1. The van der Waals surface area contributed by atoms with Gasteiger partial charge >= 0.3 is 0 Å². The smallest absolute Gasteiger partial charge is 0.138 e. The molecule has 1 N–H and O–H groups in total. The van der Waals surface area contributed by atoms with E-state index in [1.54, 1.807) is 17.7 Å². The lowest BCUT2D eigenvalue weighted by Gasteiger charge is -2.13. The van der Waals surface area contributed by atoms with Crippen LogP contribution in [-0.4, -0.2) is 16.5 Å². The van der Waals surface area contributed by atoms with Crippen molar-refractivity contribution in [3.05, 3.63) is 53.7 Å².